The van der Waals surface area contributed by atoms with Crippen LogP contribution in [0, 0.1) is 6.92 Å². The molecule has 1 aliphatic rings. The molecule has 0 saturated carbocycles. The number of phenols is 1. The molecule has 3 rings (SSSR count). The average molecular weight is 382 g/mol. The van der Waals surface area contributed by atoms with Crippen molar-refractivity contribution in [3.63, 3.8) is 0 Å². The molecule has 0 radical (unpaired) electrons. The smallest absolute Gasteiger partial charge is 0.306 e. The van der Waals surface area contributed by atoms with Crippen molar-refractivity contribution in [3.05, 3.63) is 51.9 Å². The second-order valence-electron chi connectivity index (χ2n) is 5.83. The molecule has 25 heavy (non-hydrogen) atoms. The predicted octanol–water partition coefficient (Wildman–Crippen LogP) is 1.31. The zero-order chi connectivity index (χ0) is 18.2. The van der Waals surface area contributed by atoms with Gasteiger partial charge >= 0.3 is 5.56 Å². The number of thioether (sulfide) groups is 1. The first-order chi connectivity index (χ1) is 11.8. The fourth-order valence-electron chi connectivity index (χ4n) is 2.54. The summed E-state index contributed by atoms with van der Waals surface area (Å²) in [5, 5.41) is 19.9. The van der Waals surface area contributed by atoms with Crippen LogP contribution in [0.1, 0.15) is 11.1 Å². The quantitative estimate of drug-likeness (QED) is 0.822. The maximum atomic E-state index is 12.7. The molecule has 0 unspecified atom stereocenters. The van der Waals surface area contributed by atoms with E-state index in [9.17, 15) is 23.4 Å². The summed E-state index contributed by atoms with van der Waals surface area (Å²) in [4.78, 5) is 14.2. The molecule has 1 aliphatic heterocycles. The van der Waals surface area contributed by atoms with Gasteiger partial charge in [-0.3, -0.25) is 9.69 Å². The first-order valence-electron chi connectivity index (χ1n) is 7.59. The van der Waals surface area contributed by atoms with Gasteiger partial charge in [0.05, 0.1) is 4.90 Å². The lowest BCUT2D eigenvalue weighted by Gasteiger charge is -2.15. The van der Waals surface area contributed by atoms with Crippen molar-refractivity contribution in [2.45, 2.75) is 18.4 Å². The fourth-order valence-corrected chi connectivity index (χ4v) is 4.79. The van der Waals surface area contributed by atoms with E-state index in [0.717, 1.165) is 30.4 Å². The van der Waals surface area contributed by atoms with Crippen LogP contribution in [-0.2, 0) is 16.6 Å². The van der Waals surface area contributed by atoms with Crippen molar-refractivity contribution < 1.29 is 18.6 Å². The lowest BCUT2D eigenvalue weighted by Crippen LogP contribution is -2.28. The van der Waals surface area contributed by atoms with E-state index in [0.29, 0.717) is 21.6 Å². The van der Waals surface area contributed by atoms with Gasteiger partial charge in [0.15, 0.2) is 5.75 Å². The van der Waals surface area contributed by atoms with Crippen molar-refractivity contribution in [2.75, 3.05) is 18.2 Å². The normalized spacial score (nSPS) is 15.6. The highest BCUT2D eigenvalue weighted by atomic mass is 32.2. The molecule has 1 saturated heterocycles. The van der Waals surface area contributed by atoms with Gasteiger partial charge in [-0.1, -0.05) is 6.07 Å². The molecule has 0 atom stereocenters. The summed E-state index contributed by atoms with van der Waals surface area (Å²) in [5.74, 6) is 1.05. The molecule has 1 aromatic carbocycles. The Balaban J connectivity index is 2.00. The Hall–Kier alpha value is -1.97. The highest BCUT2D eigenvalue weighted by molar-refractivity contribution is 7.99. The molecule has 2 heterocycles. The Bertz CT molecular complexity index is 963. The molecule has 1 aromatic heterocycles. The lowest BCUT2D eigenvalue weighted by atomic mass is 10.2. The Morgan fingerprint density at radius 1 is 1.24 bits per heavy atom. The van der Waals surface area contributed by atoms with Crippen LogP contribution in [0.2, 0.25) is 0 Å². The number of rotatable bonds is 4. The molecule has 0 amide bonds. The van der Waals surface area contributed by atoms with Gasteiger partial charge in [0.1, 0.15) is 5.75 Å². The van der Waals surface area contributed by atoms with Gasteiger partial charge < -0.3 is 10.2 Å². The van der Waals surface area contributed by atoms with E-state index >= 15 is 0 Å². The van der Waals surface area contributed by atoms with Crippen LogP contribution < -0.4 is 5.56 Å². The highest BCUT2D eigenvalue weighted by Gasteiger charge is 2.23. The van der Waals surface area contributed by atoms with Crippen LogP contribution in [-0.4, -0.2) is 45.7 Å². The molecule has 0 aliphatic carbocycles. The monoisotopic (exact) mass is 382 g/mol. The van der Waals surface area contributed by atoms with Gasteiger partial charge in [-0.05, 0) is 24.6 Å². The third-order valence-electron chi connectivity index (χ3n) is 4.08. The summed E-state index contributed by atoms with van der Waals surface area (Å²) in [6, 6.07) is 5.28. The topological polar surface area (TPSA) is 99.8 Å². The van der Waals surface area contributed by atoms with Gasteiger partial charge in [0.25, 0.3) is 10.0 Å². The van der Waals surface area contributed by atoms with Crippen LogP contribution in [0.5, 0.6) is 11.5 Å². The maximum Gasteiger partial charge on any atom is 0.306 e. The van der Waals surface area contributed by atoms with Gasteiger partial charge in [-0.2, -0.15) is 0 Å². The summed E-state index contributed by atoms with van der Waals surface area (Å²) < 4.78 is 25.8. The third kappa shape index (κ3) is 3.39. The molecular weight excluding hydrogens is 364 g/mol. The minimum atomic E-state index is -4.21. The lowest BCUT2D eigenvalue weighted by molar-refractivity contribution is 0.338. The van der Waals surface area contributed by atoms with Gasteiger partial charge in [-0.15, -0.1) is 11.8 Å². The number of hydrogen-bond donors (Lipinski definition) is 2. The molecule has 7 nitrogen and oxygen atoms in total. The van der Waals surface area contributed by atoms with Crippen molar-refractivity contribution in [2.24, 2.45) is 0 Å². The van der Waals surface area contributed by atoms with Crippen LogP contribution >= 0.6 is 11.8 Å². The largest absolute Gasteiger partial charge is 0.508 e. The van der Waals surface area contributed by atoms with Crippen LogP contribution in [0.3, 0.4) is 0 Å². The van der Waals surface area contributed by atoms with Crippen molar-refractivity contribution >= 4 is 21.8 Å². The van der Waals surface area contributed by atoms with E-state index in [2.05, 4.69) is 4.90 Å². The van der Waals surface area contributed by atoms with E-state index in [-0.39, 0.29) is 10.6 Å². The molecule has 1 fully saturated rings. The Morgan fingerprint density at radius 3 is 2.64 bits per heavy atom. The van der Waals surface area contributed by atoms with E-state index in [1.165, 1.54) is 18.2 Å². The van der Waals surface area contributed by atoms with E-state index in [1.807, 2.05) is 0 Å². The number of pyridine rings is 1. The predicted molar refractivity (Wildman–Crippen MR) is 95.5 cm³/mol. The SMILES string of the molecule is Cc1ccc(S(=O)(=O)n2ccc(CN3CCSC3)c(O)c2=O)cc1O. The second-order valence-corrected chi connectivity index (χ2v) is 8.72. The van der Waals surface area contributed by atoms with Gasteiger partial charge in [0.2, 0.25) is 0 Å². The molecular formula is C16H18N2O5S2. The minimum absolute atomic E-state index is 0.179. The summed E-state index contributed by atoms with van der Waals surface area (Å²) in [6.07, 6.45) is 1.15. The number of phenolic OH excluding ortho intramolecular Hbond substituents is 1. The number of hydrogen-bond acceptors (Lipinski definition) is 7. The number of aromatic hydroxyl groups is 2. The first-order valence-corrected chi connectivity index (χ1v) is 10.2. The van der Waals surface area contributed by atoms with Crippen LogP contribution in [0.4, 0.5) is 0 Å². The highest BCUT2D eigenvalue weighted by Crippen LogP contribution is 2.24. The average Bonchev–Trinajstić information content (AvgIpc) is 3.07. The van der Waals surface area contributed by atoms with Crippen molar-refractivity contribution in [1.29, 1.82) is 0 Å². The Labute approximate surface area is 149 Å². The first kappa shape index (κ1) is 17.8. The van der Waals surface area contributed by atoms with Gasteiger partial charge in [-0.25, -0.2) is 12.4 Å². The molecule has 134 valence electrons. The van der Waals surface area contributed by atoms with E-state index in [1.54, 1.807) is 18.7 Å². The third-order valence-corrected chi connectivity index (χ3v) is 6.75. The zero-order valence-corrected chi connectivity index (χ0v) is 15.2. The summed E-state index contributed by atoms with van der Waals surface area (Å²) in [6.45, 7) is 2.88. The number of benzene rings is 1. The van der Waals surface area contributed by atoms with Crippen LogP contribution in [0.15, 0.2) is 40.2 Å². The molecule has 9 heteroatoms. The van der Waals surface area contributed by atoms with E-state index in [4.69, 9.17) is 0 Å². The Kier molecular flexibility index (Phi) is 4.81. The molecule has 2 N–H and O–H groups in total. The number of nitrogens with zero attached hydrogens (tertiary/aromatic N) is 2. The van der Waals surface area contributed by atoms with Gasteiger partial charge in [0, 0.05) is 42.5 Å². The van der Waals surface area contributed by atoms with Crippen molar-refractivity contribution in [1.82, 2.24) is 8.87 Å². The Morgan fingerprint density at radius 2 is 2.00 bits per heavy atom. The summed E-state index contributed by atoms with van der Waals surface area (Å²) in [5.41, 5.74) is -0.0805. The van der Waals surface area contributed by atoms with Crippen molar-refractivity contribution in [3.8, 4) is 11.5 Å². The maximum absolute atomic E-state index is 12.7. The molecule has 0 bridgehead atoms. The van der Waals surface area contributed by atoms with Crippen LogP contribution in [0.25, 0.3) is 0 Å². The minimum Gasteiger partial charge on any atom is -0.508 e. The standard InChI is InChI=1S/C16H18N2O5S2/c1-11-2-3-13(8-14(11)19)25(22,23)18-5-4-12(15(20)16(18)21)9-17-6-7-24-10-17/h2-5,8,19-20H,6-7,9-10H2,1H3. The fraction of sp³-hybridized carbons (Fsp3) is 0.312. The van der Waals surface area contributed by atoms with E-state index < -0.39 is 21.3 Å². The second kappa shape index (κ2) is 6.74. The summed E-state index contributed by atoms with van der Waals surface area (Å²) >= 11 is 1.76. The number of aromatic nitrogens is 1. The zero-order valence-electron chi connectivity index (χ0n) is 13.5. The summed E-state index contributed by atoms with van der Waals surface area (Å²) in [7, 11) is -4.21. The molecule has 2 aromatic rings. The molecule has 0 spiro atoms. The number of aryl methyl sites for hydroxylation is 1.